The predicted molar refractivity (Wildman–Crippen MR) is 149 cm³/mol. The van der Waals surface area contributed by atoms with Gasteiger partial charge in [-0.05, 0) is 53.6 Å². The van der Waals surface area contributed by atoms with Gasteiger partial charge in [-0.3, -0.25) is 0 Å². The number of carbonyl (C=O) groups excluding carboxylic acids is 1. The molecule has 13 heteroatoms. The summed E-state index contributed by atoms with van der Waals surface area (Å²) < 4.78 is 17.1. The number of hydrogen-bond donors (Lipinski definition) is 2. The summed E-state index contributed by atoms with van der Waals surface area (Å²) >= 11 is 1.45. The lowest BCUT2D eigenvalue weighted by Gasteiger charge is -2.17. The summed E-state index contributed by atoms with van der Waals surface area (Å²) in [6.45, 7) is 6.63. The number of aromatic nitrogens is 6. The number of nitrogens with one attached hydrogen (secondary N) is 1. The van der Waals surface area contributed by atoms with Gasteiger partial charge in [0.05, 0.1) is 6.54 Å². The van der Waals surface area contributed by atoms with Crippen LogP contribution < -0.4 is 5.82 Å². The molecule has 0 aliphatic rings. The highest BCUT2D eigenvalue weighted by atomic mass is 32.2. The second kappa shape index (κ2) is 11.6. The van der Waals surface area contributed by atoms with E-state index in [1.807, 2.05) is 55.5 Å². The highest BCUT2D eigenvalue weighted by Gasteiger charge is 2.33. The van der Waals surface area contributed by atoms with E-state index in [-0.39, 0.29) is 29.5 Å². The van der Waals surface area contributed by atoms with Crippen LogP contribution in [0.5, 0.6) is 0 Å². The molecular weight excluding hydrogens is 548 g/mol. The lowest BCUT2D eigenvalue weighted by Crippen LogP contribution is -2.23. The number of nitrogens with zero attached hydrogens (tertiary/aromatic N) is 5. The second-order valence-electron chi connectivity index (χ2n) is 9.67. The van der Waals surface area contributed by atoms with E-state index < -0.39 is 17.4 Å². The molecule has 0 fully saturated rings. The van der Waals surface area contributed by atoms with Crippen molar-refractivity contribution in [2.75, 3.05) is 5.75 Å². The highest BCUT2D eigenvalue weighted by molar-refractivity contribution is 7.99. The molecule has 12 nitrogen and oxygen atoms in total. The number of ether oxygens (including phenoxy) is 1. The molecule has 3 aromatic heterocycles. The van der Waals surface area contributed by atoms with Crippen LogP contribution in [-0.2, 0) is 23.5 Å². The van der Waals surface area contributed by atoms with Gasteiger partial charge in [-0.2, -0.15) is 0 Å². The monoisotopic (exact) mass is 576 g/mol. The quantitative estimate of drug-likeness (QED) is 0.180. The smallest absolute Gasteiger partial charge is 0.453 e. The van der Waals surface area contributed by atoms with Gasteiger partial charge in [-0.15, -0.1) is 5.10 Å². The van der Waals surface area contributed by atoms with Gasteiger partial charge in [0.2, 0.25) is 0 Å². The molecule has 0 aliphatic heterocycles. The van der Waals surface area contributed by atoms with Crippen LogP contribution in [0.4, 0.5) is 0 Å². The van der Waals surface area contributed by atoms with E-state index >= 15 is 0 Å². The number of hydrogen-bond acceptors (Lipinski definition) is 11. The maximum absolute atomic E-state index is 13.4. The molecule has 41 heavy (non-hydrogen) atoms. The number of thioether (sulfide) groups is 1. The molecule has 0 saturated carbocycles. The minimum atomic E-state index is -1.43. The van der Waals surface area contributed by atoms with Crippen molar-refractivity contribution in [3.05, 3.63) is 87.6 Å². The first-order chi connectivity index (χ1) is 19.7. The molecule has 2 aromatic carbocycles. The minimum absolute atomic E-state index is 0.111. The summed E-state index contributed by atoms with van der Waals surface area (Å²) in [6, 6.07) is 15.7. The van der Waals surface area contributed by atoms with Gasteiger partial charge in [0.15, 0.2) is 34.8 Å². The maximum Gasteiger partial charge on any atom is 0.519 e. The topological polar surface area (TPSA) is 162 Å². The fourth-order valence-corrected chi connectivity index (χ4v) is 5.07. The zero-order valence-corrected chi connectivity index (χ0v) is 23.7. The third-order valence-electron chi connectivity index (χ3n) is 6.28. The summed E-state index contributed by atoms with van der Waals surface area (Å²) in [4.78, 5) is 29.5. The Kier molecular flexibility index (Phi) is 7.90. The summed E-state index contributed by atoms with van der Waals surface area (Å²) in [5, 5.41) is 25.7. The molecule has 0 radical (unpaired) electrons. The molecule has 0 spiro atoms. The zero-order valence-electron chi connectivity index (χ0n) is 22.9. The third kappa shape index (κ3) is 6.00. The van der Waals surface area contributed by atoms with Gasteiger partial charge in [0.1, 0.15) is 11.3 Å². The molecule has 0 unspecified atom stereocenters. The minimum Gasteiger partial charge on any atom is -0.453 e. The fourth-order valence-electron chi connectivity index (χ4n) is 4.34. The van der Waals surface area contributed by atoms with Crippen molar-refractivity contribution >= 4 is 17.7 Å². The Morgan fingerprint density at radius 3 is 2.46 bits per heavy atom. The number of carbonyl (C=O) groups is 1. The van der Waals surface area contributed by atoms with Crippen molar-refractivity contribution in [2.45, 2.75) is 51.6 Å². The molecule has 0 bridgehead atoms. The van der Waals surface area contributed by atoms with Crippen molar-refractivity contribution in [1.82, 2.24) is 30.2 Å². The zero-order chi connectivity index (χ0) is 29.1. The lowest BCUT2D eigenvalue weighted by molar-refractivity contribution is 0.0395. The molecule has 0 atom stereocenters. The summed E-state index contributed by atoms with van der Waals surface area (Å²) in [6.07, 6.45) is 0. The Labute approximate surface area is 238 Å². The fraction of sp³-hybridized carbons (Fsp3) is 0.286. The van der Waals surface area contributed by atoms with Crippen LogP contribution in [0.1, 0.15) is 54.0 Å². The summed E-state index contributed by atoms with van der Waals surface area (Å²) in [7, 11) is 0. The number of H-pyrrole nitrogens is 1. The Morgan fingerprint density at radius 2 is 1.85 bits per heavy atom. The largest absolute Gasteiger partial charge is 0.519 e. The maximum atomic E-state index is 13.4. The number of esters is 1. The molecule has 0 aliphatic carbocycles. The molecule has 5 aromatic rings. The van der Waals surface area contributed by atoms with Crippen LogP contribution in [0.2, 0.25) is 0 Å². The molecular formula is C28H28N6O6S. The molecule has 0 amide bonds. The van der Waals surface area contributed by atoms with E-state index in [1.165, 1.54) is 11.8 Å². The summed E-state index contributed by atoms with van der Waals surface area (Å²) in [5.41, 5.74) is 2.56. The molecule has 212 valence electrons. The predicted octanol–water partition coefficient (Wildman–Crippen LogP) is 4.33. The van der Waals surface area contributed by atoms with Crippen molar-refractivity contribution in [2.24, 2.45) is 0 Å². The van der Waals surface area contributed by atoms with Gasteiger partial charge < -0.3 is 23.2 Å². The van der Waals surface area contributed by atoms with Gasteiger partial charge >= 0.3 is 11.8 Å². The average Bonchev–Trinajstić information content (AvgIpc) is 3.67. The van der Waals surface area contributed by atoms with E-state index in [0.29, 0.717) is 23.3 Å². The van der Waals surface area contributed by atoms with E-state index in [4.69, 9.17) is 13.6 Å². The van der Waals surface area contributed by atoms with Gasteiger partial charge in [-0.1, -0.05) is 67.2 Å². The van der Waals surface area contributed by atoms with E-state index in [2.05, 4.69) is 25.6 Å². The van der Waals surface area contributed by atoms with Crippen LogP contribution in [0.15, 0.2) is 67.3 Å². The average molecular weight is 577 g/mol. The van der Waals surface area contributed by atoms with Crippen LogP contribution in [0.25, 0.3) is 22.5 Å². The molecule has 2 N–H and O–H groups in total. The SMILES string of the molecule is CCSc1nc(C(C)(C)O)c(C(=O)OCc2oc(=O)oc2C)n1Cc1ccc(-c2ccccc2-c2nnn[nH]2)cc1. The van der Waals surface area contributed by atoms with Crippen molar-refractivity contribution in [1.29, 1.82) is 0 Å². The Bertz CT molecular complexity index is 1710. The lowest BCUT2D eigenvalue weighted by atomic mass is 9.98. The van der Waals surface area contributed by atoms with Crippen LogP contribution in [0, 0.1) is 6.92 Å². The molecule has 5 rings (SSSR count). The Morgan fingerprint density at radius 1 is 1.12 bits per heavy atom. The second-order valence-corrected chi connectivity index (χ2v) is 10.9. The number of aryl methyl sites for hydroxylation is 1. The number of benzene rings is 2. The summed E-state index contributed by atoms with van der Waals surface area (Å²) in [5.74, 6) is 0.00826. The Balaban J connectivity index is 1.48. The first kappa shape index (κ1) is 28.1. The van der Waals surface area contributed by atoms with Crippen LogP contribution >= 0.6 is 11.8 Å². The van der Waals surface area contributed by atoms with E-state index in [9.17, 15) is 14.7 Å². The third-order valence-corrected chi connectivity index (χ3v) is 7.14. The number of rotatable bonds is 10. The number of aromatic amines is 1. The van der Waals surface area contributed by atoms with Crippen LogP contribution in [0.3, 0.4) is 0 Å². The Hall–Kier alpha value is -4.49. The van der Waals surface area contributed by atoms with Crippen molar-refractivity contribution in [3.8, 4) is 22.5 Å². The number of aliphatic hydroxyl groups is 1. The van der Waals surface area contributed by atoms with Crippen LogP contribution in [-0.4, -0.2) is 47.0 Å². The van der Waals surface area contributed by atoms with Crippen molar-refractivity contribution in [3.63, 3.8) is 0 Å². The molecule has 0 saturated heterocycles. The highest BCUT2D eigenvalue weighted by Crippen LogP contribution is 2.32. The standard InChI is InChI=1S/C28H28N6O6S/c1-5-41-26-29-23(28(3,4)37)22(25(35)38-15-21-16(2)39-27(36)40-21)34(26)14-17-10-12-18(13-11-17)19-8-6-7-9-20(19)24-30-32-33-31-24/h6-13,37H,5,14-15H2,1-4H3,(H,30,31,32,33). The van der Waals surface area contributed by atoms with E-state index in [0.717, 1.165) is 22.3 Å². The number of imidazole rings is 1. The first-order valence-corrected chi connectivity index (χ1v) is 13.8. The van der Waals surface area contributed by atoms with Gasteiger partial charge in [-0.25, -0.2) is 19.7 Å². The normalized spacial score (nSPS) is 11.6. The van der Waals surface area contributed by atoms with Gasteiger partial charge in [0, 0.05) is 5.56 Å². The first-order valence-electron chi connectivity index (χ1n) is 12.8. The number of tetrazole rings is 1. The van der Waals surface area contributed by atoms with Gasteiger partial charge in [0.25, 0.3) is 0 Å². The van der Waals surface area contributed by atoms with Crippen molar-refractivity contribution < 1.29 is 23.5 Å². The van der Waals surface area contributed by atoms with E-state index in [1.54, 1.807) is 25.3 Å². The molecule has 3 heterocycles.